The van der Waals surface area contributed by atoms with Crippen LogP contribution in [0.3, 0.4) is 0 Å². The highest BCUT2D eigenvalue weighted by Gasteiger charge is 2.08. The van der Waals surface area contributed by atoms with Gasteiger partial charge in [0, 0.05) is 18.4 Å². The van der Waals surface area contributed by atoms with Crippen molar-refractivity contribution in [3.05, 3.63) is 52.1 Å². The molecule has 0 aliphatic heterocycles. The van der Waals surface area contributed by atoms with Gasteiger partial charge in [-0.05, 0) is 36.8 Å². The van der Waals surface area contributed by atoms with Gasteiger partial charge in [-0.15, -0.1) is 0 Å². The normalized spacial score (nSPS) is 10.2. The van der Waals surface area contributed by atoms with Crippen LogP contribution in [-0.2, 0) is 0 Å². The van der Waals surface area contributed by atoms with Crippen LogP contribution in [0, 0.1) is 0 Å². The Bertz CT molecular complexity index is 629. The van der Waals surface area contributed by atoms with E-state index in [1.165, 1.54) is 6.20 Å². The van der Waals surface area contributed by atoms with Crippen LogP contribution < -0.4 is 10.6 Å². The number of nitrogens with zero attached hydrogens (tertiary/aromatic N) is 1. The summed E-state index contributed by atoms with van der Waals surface area (Å²) in [5.74, 6) is 0.505. The number of aromatic nitrogens is 1. The Labute approximate surface area is 133 Å². The molecule has 110 valence electrons. The third-order valence-electron chi connectivity index (χ3n) is 2.76. The van der Waals surface area contributed by atoms with E-state index in [2.05, 4.69) is 22.5 Å². The van der Waals surface area contributed by atoms with Gasteiger partial charge in [0.1, 0.15) is 5.82 Å². The van der Waals surface area contributed by atoms with E-state index < -0.39 is 0 Å². The maximum atomic E-state index is 12.1. The van der Waals surface area contributed by atoms with E-state index >= 15 is 0 Å². The summed E-state index contributed by atoms with van der Waals surface area (Å²) in [6, 6.07) is 8.43. The Morgan fingerprint density at radius 3 is 2.62 bits per heavy atom. The largest absolute Gasteiger partial charge is 0.370 e. The van der Waals surface area contributed by atoms with Gasteiger partial charge in [-0.2, -0.15) is 0 Å². The Morgan fingerprint density at radius 1 is 1.19 bits per heavy atom. The number of halogens is 2. The van der Waals surface area contributed by atoms with Gasteiger partial charge < -0.3 is 10.6 Å². The fourth-order valence-electron chi connectivity index (χ4n) is 1.66. The summed E-state index contributed by atoms with van der Waals surface area (Å²) in [5, 5.41) is 6.74. The van der Waals surface area contributed by atoms with Crippen molar-refractivity contribution in [1.29, 1.82) is 0 Å². The van der Waals surface area contributed by atoms with Crippen molar-refractivity contribution in [2.45, 2.75) is 13.3 Å². The first-order valence-corrected chi connectivity index (χ1v) is 7.32. The van der Waals surface area contributed by atoms with Gasteiger partial charge in [-0.25, -0.2) is 4.98 Å². The molecule has 2 N–H and O–H groups in total. The fourth-order valence-corrected chi connectivity index (χ4v) is 1.96. The molecule has 4 nitrogen and oxygen atoms in total. The third kappa shape index (κ3) is 4.34. The van der Waals surface area contributed by atoms with Gasteiger partial charge in [-0.1, -0.05) is 30.1 Å². The highest BCUT2D eigenvalue weighted by Crippen LogP contribution is 2.25. The summed E-state index contributed by atoms with van der Waals surface area (Å²) < 4.78 is 0. The van der Waals surface area contributed by atoms with Crippen LogP contribution in [0.5, 0.6) is 0 Å². The summed E-state index contributed by atoms with van der Waals surface area (Å²) in [6.45, 7) is 2.92. The lowest BCUT2D eigenvalue weighted by molar-refractivity contribution is 0.102. The number of rotatable bonds is 5. The van der Waals surface area contributed by atoms with Crippen molar-refractivity contribution < 1.29 is 4.79 Å². The summed E-state index contributed by atoms with van der Waals surface area (Å²) in [5.41, 5.74) is 1.06. The van der Waals surface area contributed by atoms with Crippen LogP contribution in [0.15, 0.2) is 36.5 Å². The maximum absolute atomic E-state index is 12.1. The van der Waals surface area contributed by atoms with Crippen molar-refractivity contribution in [3.63, 3.8) is 0 Å². The molecule has 1 heterocycles. The molecule has 0 spiro atoms. The van der Waals surface area contributed by atoms with Crippen LogP contribution >= 0.6 is 23.2 Å². The van der Waals surface area contributed by atoms with Gasteiger partial charge >= 0.3 is 0 Å². The van der Waals surface area contributed by atoms with Crippen molar-refractivity contribution in [3.8, 4) is 0 Å². The predicted molar refractivity (Wildman–Crippen MR) is 87.4 cm³/mol. The van der Waals surface area contributed by atoms with E-state index in [0.717, 1.165) is 18.8 Å². The number of carbonyl (C=O) groups excluding carboxylic acids is 1. The van der Waals surface area contributed by atoms with Crippen LogP contribution in [0.25, 0.3) is 0 Å². The molecule has 6 heteroatoms. The minimum atomic E-state index is -0.247. The first-order chi connectivity index (χ1) is 10.1. The molecule has 1 amide bonds. The molecule has 0 atom stereocenters. The molecular formula is C15H15Cl2N3O. The lowest BCUT2D eigenvalue weighted by atomic mass is 10.2. The summed E-state index contributed by atoms with van der Waals surface area (Å²) >= 11 is 11.7. The van der Waals surface area contributed by atoms with Crippen molar-refractivity contribution >= 4 is 40.6 Å². The molecule has 1 aromatic carbocycles. The Morgan fingerprint density at radius 2 is 2.00 bits per heavy atom. The number of anilines is 2. The zero-order chi connectivity index (χ0) is 15.2. The summed E-state index contributed by atoms with van der Waals surface area (Å²) in [4.78, 5) is 16.3. The SMILES string of the molecule is CCCNc1ccc(C(=O)Nc2ccc(Cl)c(Cl)c2)cn1. The molecule has 0 bridgehead atoms. The number of hydrogen-bond donors (Lipinski definition) is 2. The van der Waals surface area contributed by atoms with E-state index in [-0.39, 0.29) is 5.91 Å². The smallest absolute Gasteiger partial charge is 0.257 e. The first kappa shape index (κ1) is 15.6. The molecule has 0 aliphatic carbocycles. The molecule has 21 heavy (non-hydrogen) atoms. The number of hydrogen-bond acceptors (Lipinski definition) is 3. The number of pyridine rings is 1. The molecule has 0 fully saturated rings. The van der Waals surface area contributed by atoms with Crippen molar-refractivity contribution in [1.82, 2.24) is 4.98 Å². The van der Waals surface area contributed by atoms with E-state index in [1.54, 1.807) is 30.3 Å². The van der Waals surface area contributed by atoms with Crippen LogP contribution in [-0.4, -0.2) is 17.4 Å². The lowest BCUT2D eigenvalue weighted by Gasteiger charge is -2.07. The second-order valence-corrected chi connectivity index (χ2v) is 5.26. The van der Waals surface area contributed by atoms with E-state index in [0.29, 0.717) is 21.3 Å². The Kier molecular flexibility index (Phi) is 5.42. The van der Waals surface area contributed by atoms with Crippen LogP contribution in [0.2, 0.25) is 10.0 Å². The van der Waals surface area contributed by atoms with E-state index in [9.17, 15) is 4.79 Å². The number of benzene rings is 1. The highest BCUT2D eigenvalue weighted by atomic mass is 35.5. The minimum absolute atomic E-state index is 0.247. The molecule has 0 unspecified atom stereocenters. The van der Waals surface area contributed by atoms with Crippen LogP contribution in [0.1, 0.15) is 23.7 Å². The predicted octanol–water partition coefficient (Wildman–Crippen LogP) is 4.46. The monoisotopic (exact) mass is 323 g/mol. The zero-order valence-electron chi connectivity index (χ0n) is 11.5. The molecule has 0 aliphatic rings. The molecule has 1 aromatic heterocycles. The lowest BCUT2D eigenvalue weighted by Crippen LogP contribution is -2.12. The molecular weight excluding hydrogens is 309 g/mol. The van der Waals surface area contributed by atoms with E-state index in [1.807, 2.05) is 0 Å². The quantitative estimate of drug-likeness (QED) is 0.853. The van der Waals surface area contributed by atoms with Gasteiger partial charge in [0.15, 0.2) is 0 Å². The van der Waals surface area contributed by atoms with Crippen molar-refractivity contribution in [2.24, 2.45) is 0 Å². The summed E-state index contributed by atoms with van der Waals surface area (Å²) in [7, 11) is 0. The maximum Gasteiger partial charge on any atom is 0.257 e. The van der Waals surface area contributed by atoms with Crippen molar-refractivity contribution in [2.75, 3.05) is 17.2 Å². The van der Waals surface area contributed by atoms with Crippen LogP contribution in [0.4, 0.5) is 11.5 Å². The molecule has 0 saturated carbocycles. The molecule has 2 rings (SSSR count). The average molecular weight is 324 g/mol. The number of nitrogens with one attached hydrogen (secondary N) is 2. The zero-order valence-corrected chi connectivity index (χ0v) is 13.0. The highest BCUT2D eigenvalue weighted by molar-refractivity contribution is 6.42. The second kappa shape index (κ2) is 7.29. The van der Waals surface area contributed by atoms with E-state index in [4.69, 9.17) is 23.2 Å². The standard InChI is InChI=1S/C15H15Cl2N3O/c1-2-7-18-14-6-3-10(9-19-14)15(21)20-11-4-5-12(16)13(17)8-11/h3-6,8-9H,2,7H2,1H3,(H,18,19)(H,20,21). The Hall–Kier alpha value is -1.78. The topological polar surface area (TPSA) is 54.0 Å². The third-order valence-corrected chi connectivity index (χ3v) is 3.50. The fraction of sp³-hybridized carbons (Fsp3) is 0.200. The molecule has 2 aromatic rings. The number of amides is 1. The number of carbonyl (C=O) groups is 1. The van der Waals surface area contributed by atoms with Gasteiger partial charge in [0.05, 0.1) is 15.6 Å². The van der Waals surface area contributed by atoms with Gasteiger partial charge in [0.2, 0.25) is 0 Å². The average Bonchev–Trinajstić information content (AvgIpc) is 2.49. The van der Waals surface area contributed by atoms with Gasteiger partial charge in [0.25, 0.3) is 5.91 Å². The van der Waals surface area contributed by atoms with Gasteiger partial charge in [-0.3, -0.25) is 4.79 Å². The molecule has 0 saturated heterocycles. The summed E-state index contributed by atoms with van der Waals surface area (Å²) in [6.07, 6.45) is 2.55. The second-order valence-electron chi connectivity index (χ2n) is 4.44. The molecule has 0 radical (unpaired) electrons. The minimum Gasteiger partial charge on any atom is -0.370 e. The first-order valence-electron chi connectivity index (χ1n) is 6.56. The Balaban J connectivity index is 2.04.